The maximum absolute atomic E-state index is 10.6. The largest absolute Gasteiger partial charge is 0.392 e. The monoisotopic (exact) mass is 394 g/mol. The fourth-order valence-corrected chi connectivity index (χ4v) is 3.60. The van der Waals surface area contributed by atoms with E-state index in [1.54, 1.807) is 6.92 Å². The average Bonchev–Trinajstić information content (AvgIpc) is 3.40. The van der Waals surface area contributed by atoms with Gasteiger partial charge in [-0.3, -0.25) is 0 Å². The maximum Gasteiger partial charge on any atom is 0.156 e. The number of epoxide rings is 1. The molecule has 1 fully saturated rings. The molecule has 0 radical (unpaired) electrons. The smallest absolute Gasteiger partial charge is 0.156 e. The molecule has 0 bridgehead atoms. The number of hydrogen-bond donors (Lipinski definition) is 5. The van der Waals surface area contributed by atoms with Crippen LogP contribution in [0.2, 0.25) is 0 Å². The summed E-state index contributed by atoms with van der Waals surface area (Å²) in [5.74, 6) is 0. The molecular weight excluding hydrogens is 360 g/mol. The van der Waals surface area contributed by atoms with Gasteiger partial charge in [0.25, 0.3) is 0 Å². The van der Waals surface area contributed by atoms with E-state index < -0.39 is 36.1 Å². The zero-order valence-electron chi connectivity index (χ0n) is 17.2. The van der Waals surface area contributed by atoms with Gasteiger partial charge in [0, 0.05) is 0 Å². The third-order valence-corrected chi connectivity index (χ3v) is 5.59. The van der Waals surface area contributed by atoms with Crippen LogP contribution in [0.4, 0.5) is 0 Å². The molecule has 0 amide bonds. The molecule has 0 saturated carbocycles. The quantitative estimate of drug-likeness (QED) is 0.299. The van der Waals surface area contributed by atoms with E-state index in [4.69, 9.17) is 4.74 Å². The minimum atomic E-state index is -1.32. The minimum absolute atomic E-state index is 0.285. The predicted molar refractivity (Wildman–Crippen MR) is 108 cm³/mol. The molecule has 0 aromatic rings. The Morgan fingerprint density at radius 1 is 1.18 bits per heavy atom. The summed E-state index contributed by atoms with van der Waals surface area (Å²) in [7, 11) is 0. The normalized spacial score (nSPS) is 32.3. The van der Waals surface area contributed by atoms with Gasteiger partial charge in [0.2, 0.25) is 0 Å². The number of hydrogen-bond acceptors (Lipinski definition) is 6. The van der Waals surface area contributed by atoms with Crippen LogP contribution in [0.3, 0.4) is 0 Å². The van der Waals surface area contributed by atoms with Crippen molar-refractivity contribution in [2.24, 2.45) is 0 Å². The van der Waals surface area contributed by atoms with Gasteiger partial charge in [-0.25, -0.2) is 0 Å². The van der Waals surface area contributed by atoms with E-state index in [1.807, 2.05) is 13.0 Å². The van der Waals surface area contributed by atoms with Crippen LogP contribution in [-0.2, 0) is 4.74 Å². The van der Waals surface area contributed by atoms with Gasteiger partial charge in [-0.1, -0.05) is 29.4 Å². The van der Waals surface area contributed by atoms with E-state index in [0.717, 1.165) is 12.8 Å². The van der Waals surface area contributed by atoms with Crippen molar-refractivity contribution in [3.8, 4) is 0 Å². The SMILES string of the molecule is CC(C)=CCC/C(C)=C/C[C@H](O)/C(C)=C/[C@H](O)[C@]12O[C@H]1[C@H](O)C(CO)=C[C@@H]2O. The zero-order valence-corrected chi connectivity index (χ0v) is 17.2. The van der Waals surface area contributed by atoms with Gasteiger partial charge in [0.05, 0.1) is 12.7 Å². The lowest BCUT2D eigenvalue weighted by Crippen LogP contribution is -2.48. The van der Waals surface area contributed by atoms with E-state index in [2.05, 4.69) is 19.9 Å². The Bertz CT molecular complexity index is 673. The summed E-state index contributed by atoms with van der Waals surface area (Å²) in [5.41, 5.74) is 2.02. The van der Waals surface area contributed by atoms with E-state index >= 15 is 0 Å². The highest BCUT2D eigenvalue weighted by molar-refractivity contribution is 5.35. The second-order valence-corrected chi connectivity index (χ2v) is 8.16. The number of fused-ring (bicyclic) bond motifs is 1. The molecule has 1 heterocycles. The Labute approximate surface area is 167 Å². The Morgan fingerprint density at radius 3 is 2.46 bits per heavy atom. The lowest BCUT2D eigenvalue weighted by molar-refractivity contribution is 0.0261. The predicted octanol–water partition coefficient (Wildman–Crippen LogP) is 1.53. The van der Waals surface area contributed by atoms with Gasteiger partial charge < -0.3 is 30.3 Å². The molecule has 0 aromatic heterocycles. The molecule has 0 unspecified atom stereocenters. The number of aliphatic hydroxyl groups excluding tert-OH is 5. The maximum atomic E-state index is 10.6. The van der Waals surface area contributed by atoms with Gasteiger partial charge in [0.1, 0.15) is 24.4 Å². The molecule has 0 aromatic carbocycles. The third kappa shape index (κ3) is 5.00. The van der Waals surface area contributed by atoms with Crippen LogP contribution in [0.15, 0.2) is 46.6 Å². The van der Waals surface area contributed by atoms with Gasteiger partial charge >= 0.3 is 0 Å². The molecule has 2 aliphatic rings. The lowest BCUT2D eigenvalue weighted by Gasteiger charge is -2.28. The summed E-state index contributed by atoms with van der Waals surface area (Å²) in [5, 5.41) is 50.7. The highest BCUT2D eigenvalue weighted by Crippen LogP contribution is 2.50. The number of rotatable bonds is 9. The summed E-state index contributed by atoms with van der Waals surface area (Å²) < 4.78 is 5.47. The summed E-state index contributed by atoms with van der Waals surface area (Å²) in [6.07, 6.45) is 4.41. The molecule has 5 N–H and O–H groups in total. The summed E-state index contributed by atoms with van der Waals surface area (Å²) >= 11 is 0. The molecule has 2 rings (SSSR count). The molecule has 1 aliphatic heterocycles. The molecule has 6 atom stereocenters. The van der Waals surface area contributed by atoms with Crippen LogP contribution < -0.4 is 0 Å². The highest BCUT2D eigenvalue weighted by Gasteiger charge is 2.69. The van der Waals surface area contributed by atoms with Crippen LogP contribution in [-0.4, -0.2) is 68.3 Å². The van der Waals surface area contributed by atoms with Crippen molar-refractivity contribution in [3.63, 3.8) is 0 Å². The summed E-state index contributed by atoms with van der Waals surface area (Å²) in [6.45, 7) is 7.51. The second-order valence-electron chi connectivity index (χ2n) is 8.16. The molecule has 1 aliphatic carbocycles. The highest BCUT2D eigenvalue weighted by atomic mass is 16.6. The second kappa shape index (κ2) is 9.48. The zero-order chi connectivity index (χ0) is 21.1. The summed E-state index contributed by atoms with van der Waals surface area (Å²) in [4.78, 5) is 0. The molecule has 1 saturated heterocycles. The van der Waals surface area contributed by atoms with E-state index in [1.165, 1.54) is 23.3 Å². The minimum Gasteiger partial charge on any atom is -0.392 e. The number of aliphatic hydroxyl groups is 5. The van der Waals surface area contributed by atoms with Crippen molar-refractivity contribution in [3.05, 3.63) is 46.6 Å². The first-order valence-corrected chi connectivity index (χ1v) is 9.82. The van der Waals surface area contributed by atoms with Crippen molar-refractivity contribution in [2.75, 3.05) is 6.61 Å². The van der Waals surface area contributed by atoms with Crippen LogP contribution in [0.25, 0.3) is 0 Å². The lowest BCUT2D eigenvalue weighted by atomic mass is 9.81. The molecule has 158 valence electrons. The number of ether oxygens (including phenoxy) is 1. The van der Waals surface area contributed by atoms with Crippen molar-refractivity contribution in [1.29, 1.82) is 0 Å². The standard InChI is InChI=1S/C22H34O6/c1-13(2)6-5-7-14(3)8-9-17(24)15(4)10-18(25)22-19(26)11-16(12-23)20(27)21(22)28-22/h6,8,10-11,17-21,23-27H,5,7,9,12H2,1-4H3/b14-8+,15-10+/t17-,18-,19-,20+,21-,22+/m0/s1. The van der Waals surface area contributed by atoms with Gasteiger partial charge in [-0.15, -0.1) is 0 Å². The molecule has 0 spiro atoms. The Kier molecular flexibility index (Phi) is 7.79. The van der Waals surface area contributed by atoms with E-state index in [9.17, 15) is 25.5 Å². The molecule has 6 nitrogen and oxygen atoms in total. The Balaban J connectivity index is 1.97. The first kappa shape index (κ1) is 23.0. The van der Waals surface area contributed by atoms with Crippen molar-refractivity contribution < 1.29 is 30.3 Å². The first-order chi connectivity index (χ1) is 13.1. The van der Waals surface area contributed by atoms with Crippen LogP contribution >= 0.6 is 0 Å². The van der Waals surface area contributed by atoms with Crippen LogP contribution in [0.5, 0.6) is 0 Å². The van der Waals surface area contributed by atoms with Crippen molar-refractivity contribution in [2.45, 2.75) is 83.1 Å². The van der Waals surface area contributed by atoms with Crippen molar-refractivity contribution in [1.82, 2.24) is 0 Å². The fourth-order valence-electron chi connectivity index (χ4n) is 3.60. The molecular formula is C22H34O6. The number of allylic oxidation sites excluding steroid dienone is 3. The van der Waals surface area contributed by atoms with E-state index in [0.29, 0.717) is 12.0 Å². The van der Waals surface area contributed by atoms with E-state index in [-0.39, 0.29) is 12.2 Å². The Morgan fingerprint density at radius 2 is 1.86 bits per heavy atom. The fraction of sp³-hybridized carbons (Fsp3) is 0.636. The van der Waals surface area contributed by atoms with Crippen molar-refractivity contribution >= 4 is 0 Å². The first-order valence-electron chi connectivity index (χ1n) is 9.82. The van der Waals surface area contributed by atoms with Gasteiger partial charge in [-0.2, -0.15) is 0 Å². The van der Waals surface area contributed by atoms with Gasteiger partial charge in [-0.05, 0) is 64.2 Å². The topological polar surface area (TPSA) is 114 Å². The third-order valence-electron chi connectivity index (χ3n) is 5.59. The summed E-state index contributed by atoms with van der Waals surface area (Å²) in [6, 6.07) is 0. The average molecular weight is 395 g/mol. The molecule has 6 heteroatoms. The molecule has 28 heavy (non-hydrogen) atoms. The Hall–Kier alpha value is -1.28. The van der Waals surface area contributed by atoms with Gasteiger partial charge in [0.15, 0.2) is 5.60 Å². The van der Waals surface area contributed by atoms with Crippen LogP contribution in [0, 0.1) is 0 Å². The van der Waals surface area contributed by atoms with Crippen LogP contribution in [0.1, 0.15) is 47.0 Å².